The normalized spacial score (nSPS) is 12.3. The van der Waals surface area contributed by atoms with Gasteiger partial charge in [0.05, 0.1) is 11.1 Å². The van der Waals surface area contributed by atoms with Gasteiger partial charge in [-0.1, -0.05) is 6.07 Å². The molecule has 1 aromatic carbocycles. The topological polar surface area (TPSA) is 54.4 Å². The number of carboxylic acids is 1. The molecule has 0 aromatic heterocycles. The first kappa shape index (κ1) is 16.0. The van der Waals surface area contributed by atoms with Crippen LogP contribution in [0.5, 0.6) is 0 Å². The molecule has 110 valence electrons. The second-order valence-corrected chi connectivity index (χ2v) is 3.75. The number of rotatable bonds is 3. The summed E-state index contributed by atoms with van der Waals surface area (Å²) in [6.45, 7) is 0. The Balaban J connectivity index is 3.39. The summed E-state index contributed by atoms with van der Waals surface area (Å²) < 4.78 is 75.0. The Morgan fingerprint density at radius 2 is 1.55 bits per heavy atom. The molecule has 9 heteroatoms. The molecule has 3 nitrogen and oxygen atoms in total. The van der Waals surface area contributed by atoms with E-state index in [9.17, 15) is 35.9 Å². The highest BCUT2D eigenvalue weighted by atomic mass is 19.4. The van der Waals surface area contributed by atoms with Gasteiger partial charge in [0.1, 0.15) is 6.42 Å². The van der Waals surface area contributed by atoms with Crippen molar-refractivity contribution in [2.45, 2.75) is 18.8 Å². The molecule has 1 aromatic rings. The second-order valence-electron chi connectivity index (χ2n) is 3.75. The first-order valence-electron chi connectivity index (χ1n) is 4.96. The van der Waals surface area contributed by atoms with Crippen LogP contribution in [0.1, 0.15) is 27.9 Å². The van der Waals surface area contributed by atoms with Crippen molar-refractivity contribution in [3.8, 4) is 0 Å². The quantitative estimate of drug-likeness (QED) is 0.529. The largest absolute Gasteiger partial charge is 0.481 e. The standard InChI is InChI=1S/C11H6F6O3/c12-10(13,14)5-1-2-6(8(18)4-9(19)20)7(3-5)11(15,16)17/h1-3H,4H2,(H,19,20). The summed E-state index contributed by atoms with van der Waals surface area (Å²) in [4.78, 5) is 21.6. The van der Waals surface area contributed by atoms with Gasteiger partial charge in [-0.05, 0) is 12.1 Å². The van der Waals surface area contributed by atoms with E-state index in [1.54, 1.807) is 0 Å². The molecule has 0 fully saturated rings. The van der Waals surface area contributed by atoms with Gasteiger partial charge in [-0.2, -0.15) is 26.3 Å². The van der Waals surface area contributed by atoms with Crippen LogP contribution in [-0.2, 0) is 17.1 Å². The molecule has 0 bridgehead atoms. The fourth-order valence-electron chi connectivity index (χ4n) is 1.43. The number of aliphatic carboxylic acids is 1. The molecule has 0 unspecified atom stereocenters. The highest BCUT2D eigenvalue weighted by molar-refractivity contribution is 6.06. The van der Waals surface area contributed by atoms with E-state index in [4.69, 9.17) is 5.11 Å². The van der Waals surface area contributed by atoms with Crippen molar-refractivity contribution < 1.29 is 41.0 Å². The first-order valence-corrected chi connectivity index (χ1v) is 4.96. The highest BCUT2D eigenvalue weighted by Crippen LogP contribution is 2.37. The Kier molecular flexibility index (Phi) is 4.11. The number of carbonyl (C=O) groups is 2. The fraction of sp³-hybridized carbons (Fsp3) is 0.273. The average Bonchev–Trinajstić information content (AvgIpc) is 2.24. The van der Waals surface area contributed by atoms with E-state index >= 15 is 0 Å². The van der Waals surface area contributed by atoms with Crippen LogP contribution in [0.25, 0.3) is 0 Å². The molecule has 0 saturated heterocycles. The first-order chi connectivity index (χ1) is 8.93. The number of ketones is 1. The third-order valence-electron chi connectivity index (χ3n) is 2.26. The van der Waals surface area contributed by atoms with Crippen molar-refractivity contribution in [1.29, 1.82) is 0 Å². The van der Waals surface area contributed by atoms with Crippen LogP contribution in [0.2, 0.25) is 0 Å². The lowest BCUT2D eigenvalue weighted by molar-refractivity contribution is -0.143. The van der Waals surface area contributed by atoms with Crippen molar-refractivity contribution in [1.82, 2.24) is 0 Å². The van der Waals surface area contributed by atoms with Gasteiger partial charge in [0, 0.05) is 5.56 Å². The summed E-state index contributed by atoms with van der Waals surface area (Å²) in [7, 11) is 0. The van der Waals surface area contributed by atoms with Gasteiger partial charge in [0.15, 0.2) is 5.78 Å². The number of carboxylic acid groups (broad SMARTS) is 1. The molecule has 0 saturated carbocycles. The van der Waals surface area contributed by atoms with Crippen molar-refractivity contribution in [2.75, 3.05) is 0 Å². The summed E-state index contributed by atoms with van der Waals surface area (Å²) >= 11 is 0. The van der Waals surface area contributed by atoms with Crippen molar-refractivity contribution in [2.24, 2.45) is 0 Å². The van der Waals surface area contributed by atoms with Gasteiger partial charge in [-0.25, -0.2) is 0 Å². The summed E-state index contributed by atoms with van der Waals surface area (Å²) in [5.41, 5.74) is -4.48. The molecule has 0 spiro atoms. The second kappa shape index (κ2) is 5.14. The Bertz CT molecular complexity index is 544. The van der Waals surface area contributed by atoms with Gasteiger partial charge < -0.3 is 5.11 Å². The molecule has 0 heterocycles. The zero-order valence-electron chi connectivity index (χ0n) is 9.47. The lowest BCUT2D eigenvalue weighted by Gasteiger charge is -2.14. The lowest BCUT2D eigenvalue weighted by Crippen LogP contribution is -2.17. The van der Waals surface area contributed by atoms with Crippen molar-refractivity contribution in [3.63, 3.8) is 0 Å². The van der Waals surface area contributed by atoms with E-state index in [2.05, 4.69) is 0 Å². The van der Waals surface area contributed by atoms with Crippen LogP contribution in [0.15, 0.2) is 18.2 Å². The summed E-state index contributed by atoms with van der Waals surface area (Å²) in [5, 5.41) is 8.34. The summed E-state index contributed by atoms with van der Waals surface area (Å²) in [5.74, 6) is -3.10. The van der Waals surface area contributed by atoms with E-state index in [1.807, 2.05) is 0 Å². The molecular formula is C11H6F6O3. The monoisotopic (exact) mass is 300 g/mol. The minimum Gasteiger partial charge on any atom is -0.481 e. The predicted octanol–water partition coefficient (Wildman–Crippen LogP) is 3.38. The lowest BCUT2D eigenvalue weighted by atomic mass is 9.98. The van der Waals surface area contributed by atoms with Gasteiger partial charge in [-0.15, -0.1) is 0 Å². The van der Waals surface area contributed by atoms with Crippen LogP contribution < -0.4 is 0 Å². The molecule has 0 amide bonds. The molecular weight excluding hydrogens is 294 g/mol. The van der Waals surface area contributed by atoms with Gasteiger partial charge in [0.25, 0.3) is 0 Å². The third kappa shape index (κ3) is 3.72. The minimum absolute atomic E-state index is 0.213. The SMILES string of the molecule is O=C(O)CC(=O)c1ccc(C(F)(F)F)cc1C(F)(F)F. The van der Waals surface area contributed by atoms with Crippen molar-refractivity contribution in [3.05, 3.63) is 34.9 Å². The van der Waals surface area contributed by atoms with E-state index in [0.29, 0.717) is 12.1 Å². The Hall–Kier alpha value is -2.06. The minimum atomic E-state index is -5.20. The number of alkyl halides is 6. The van der Waals surface area contributed by atoms with Crippen LogP contribution >= 0.6 is 0 Å². The molecule has 0 atom stereocenters. The molecule has 0 aliphatic carbocycles. The van der Waals surface area contributed by atoms with E-state index in [0.717, 1.165) is 0 Å². The summed E-state index contributed by atoms with van der Waals surface area (Å²) in [6.07, 6.45) is -11.5. The number of halogens is 6. The Morgan fingerprint density at radius 1 is 1.00 bits per heavy atom. The van der Waals surface area contributed by atoms with E-state index in [1.165, 1.54) is 0 Å². The Labute approximate surface area is 107 Å². The van der Waals surface area contributed by atoms with E-state index in [-0.39, 0.29) is 6.07 Å². The number of carbonyl (C=O) groups excluding carboxylic acids is 1. The van der Waals surface area contributed by atoms with Crippen LogP contribution in [0.3, 0.4) is 0 Å². The van der Waals surface area contributed by atoms with Crippen molar-refractivity contribution >= 4 is 11.8 Å². The zero-order chi connectivity index (χ0) is 15.7. The summed E-state index contributed by atoms with van der Waals surface area (Å²) in [6, 6.07) is 0.413. The number of hydrogen-bond donors (Lipinski definition) is 1. The van der Waals surface area contributed by atoms with Gasteiger partial charge in [-0.3, -0.25) is 9.59 Å². The number of Topliss-reactive ketones (excluding diaryl/α,β-unsaturated/α-hetero) is 1. The smallest absolute Gasteiger partial charge is 0.417 e. The predicted molar refractivity (Wildman–Crippen MR) is 53.0 cm³/mol. The van der Waals surface area contributed by atoms with Crippen LogP contribution in [0.4, 0.5) is 26.3 Å². The van der Waals surface area contributed by atoms with Crippen LogP contribution in [0, 0.1) is 0 Å². The maximum absolute atomic E-state index is 12.6. The molecule has 1 N–H and O–H groups in total. The highest BCUT2D eigenvalue weighted by Gasteiger charge is 2.39. The molecule has 20 heavy (non-hydrogen) atoms. The maximum atomic E-state index is 12.6. The van der Waals surface area contributed by atoms with E-state index < -0.39 is 47.2 Å². The molecule has 1 rings (SSSR count). The Morgan fingerprint density at radius 3 is 1.95 bits per heavy atom. The van der Waals surface area contributed by atoms with Gasteiger partial charge in [0.2, 0.25) is 0 Å². The zero-order valence-corrected chi connectivity index (χ0v) is 9.47. The molecule has 0 radical (unpaired) electrons. The molecule has 0 aliphatic heterocycles. The van der Waals surface area contributed by atoms with Crippen LogP contribution in [-0.4, -0.2) is 16.9 Å². The number of hydrogen-bond acceptors (Lipinski definition) is 2. The average molecular weight is 300 g/mol. The third-order valence-corrected chi connectivity index (χ3v) is 2.26. The number of benzene rings is 1. The van der Waals surface area contributed by atoms with Gasteiger partial charge >= 0.3 is 18.3 Å². The maximum Gasteiger partial charge on any atom is 0.417 e. The fourth-order valence-corrected chi connectivity index (χ4v) is 1.43. The molecule has 0 aliphatic rings.